The van der Waals surface area contributed by atoms with Gasteiger partial charge in [-0.3, -0.25) is 4.99 Å². The fourth-order valence-corrected chi connectivity index (χ4v) is 2.33. The summed E-state index contributed by atoms with van der Waals surface area (Å²) in [5.74, 6) is 2.17. The highest BCUT2D eigenvalue weighted by Crippen LogP contribution is 2.18. The molecule has 0 aliphatic carbocycles. The largest absolute Gasteiger partial charge is 0.444 e. The summed E-state index contributed by atoms with van der Waals surface area (Å²) in [5.41, 5.74) is 3.07. The normalized spacial score (nSPS) is 11.3. The van der Waals surface area contributed by atoms with E-state index in [1.54, 1.807) is 13.3 Å². The summed E-state index contributed by atoms with van der Waals surface area (Å²) in [6.45, 7) is 8.05. The van der Waals surface area contributed by atoms with Crippen LogP contribution < -0.4 is 10.6 Å². The zero-order chi connectivity index (χ0) is 17.4. The van der Waals surface area contributed by atoms with E-state index >= 15 is 0 Å². The summed E-state index contributed by atoms with van der Waals surface area (Å²) in [4.78, 5) is 8.75. The first kappa shape index (κ1) is 21.5. The van der Waals surface area contributed by atoms with Gasteiger partial charge in [-0.1, -0.05) is 31.5 Å². The van der Waals surface area contributed by atoms with Crippen molar-refractivity contribution in [3.05, 3.63) is 41.8 Å². The first-order valence-electron chi connectivity index (χ1n) is 8.54. The lowest BCUT2D eigenvalue weighted by molar-refractivity contribution is 0.549. The Kier molecular flexibility index (Phi) is 9.55. The molecule has 0 aliphatic heterocycles. The van der Waals surface area contributed by atoms with Crippen LogP contribution in [0, 0.1) is 12.8 Å². The number of benzene rings is 1. The van der Waals surface area contributed by atoms with E-state index in [1.165, 1.54) is 12.0 Å². The molecular formula is C19H29IN4O. The summed E-state index contributed by atoms with van der Waals surface area (Å²) in [6.07, 6.45) is 4.04. The number of oxazole rings is 1. The maximum Gasteiger partial charge on any atom is 0.226 e. The van der Waals surface area contributed by atoms with Gasteiger partial charge in [-0.05, 0) is 37.8 Å². The van der Waals surface area contributed by atoms with Gasteiger partial charge >= 0.3 is 0 Å². The minimum Gasteiger partial charge on any atom is -0.444 e. The number of halogens is 1. The van der Waals surface area contributed by atoms with Gasteiger partial charge in [0.1, 0.15) is 6.26 Å². The lowest BCUT2D eigenvalue weighted by Crippen LogP contribution is -2.37. The Hall–Kier alpha value is -1.57. The van der Waals surface area contributed by atoms with E-state index < -0.39 is 0 Å². The zero-order valence-electron chi connectivity index (χ0n) is 15.5. The molecule has 25 heavy (non-hydrogen) atoms. The maximum absolute atomic E-state index is 5.57. The number of aromatic nitrogens is 1. The SMILES string of the molecule is CN=C(NCCCC(C)C)NCc1coc(-c2ccc(C)cc2)n1.I. The third-order valence-electron chi connectivity index (χ3n) is 3.76. The average Bonchev–Trinajstić information content (AvgIpc) is 3.03. The molecule has 0 fully saturated rings. The molecule has 1 aromatic carbocycles. The van der Waals surface area contributed by atoms with Gasteiger partial charge in [-0.15, -0.1) is 24.0 Å². The molecule has 0 aliphatic rings. The zero-order valence-corrected chi connectivity index (χ0v) is 17.8. The molecule has 6 heteroatoms. The van der Waals surface area contributed by atoms with Gasteiger partial charge in [0.25, 0.3) is 0 Å². The first-order chi connectivity index (χ1) is 11.6. The van der Waals surface area contributed by atoms with Crippen molar-refractivity contribution >= 4 is 29.9 Å². The van der Waals surface area contributed by atoms with Gasteiger partial charge < -0.3 is 15.1 Å². The molecule has 1 heterocycles. The van der Waals surface area contributed by atoms with Gasteiger partial charge in [0, 0.05) is 19.2 Å². The van der Waals surface area contributed by atoms with E-state index in [-0.39, 0.29) is 24.0 Å². The van der Waals surface area contributed by atoms with Gasteiger partial charge in [0.15, 0.2) is 5.96 Å². The highest BCUT2D eigenvalue weighted by Gasteiger charge is 2.07. The highest BCUT2D eigenvalue weighted by molar-refractivity contribution is 14.0. The lowest BCUT2D eigenvalue weighted by atomic mass is 10.1. The van der Waals surface area contributed by atoms with Crippen molar-refractivity contribution in [2.45, 2.75) is 40.2 Å². The van der Waals surface area contributed by atoms with Crippen molar-refractivity contribution in [3.8, 4) is 11.5 Å². The number of hydrogen-bond acceptors (Lipinski definition) is 3. The molecule has 1 aromatic heterocycles. The molecular weight excluding hydrogens is 427 g/mol. The third kappa shape index (κ3) is 7.46. The molecule has 0 unspecified atom stereocenters. The Morgan fingerprint density at radius 2 is 1.92 bits per heavy atom. The van der Waals surface area contributed by atoms with E-state index in [9.17, 15) is 0 Å². The number of nitrogens with zero attached hydrogens (tertiary/aromatic N) is 2. The van der Waals surface area contributed by atoms with E-state index in [0.717, 1.165) is 36.1 Å². The molecule has 2 N–H and O–H groups in total. The quantitative estimate of drug-likeness (QED) is 0.281. The fraction of sp³-hybridized carbons (Fsp3) is 0.474. The van der Waals surface area contributed by atoms with Crippen LogP contribution in [0.2, 0.25) is 0 Å². The number of nitrogens with one attached hydrogen (secondary N) is 2. The molecule has 2 aromatic rings. The predicted octanol–water partition coefficient (Wildman–Crippen LogP) is 4.37. The van der Waals surface area contributed by atoms with Crippen LogP contribution in [-0.4, -0.2) is 24.5 Å². The Morgan fingerprint density at radius 3 is 2.56 bits per heavy atom. The molecule has 5 nitrogen and oxygen atoms in total. The van der Waals surface area contributed by atoms with E-state index in [0.29, 0.717) is 12.4 Å². The maximum atomic E-state index is 5.57. The Bertz CT molecular complexity index is 650. The summed E-state index contributed by atoms with van der Waals surface area (Å²) >= 11 is 0. The van der Waals surface area contributed by atoms with Crippen LogP contribution in [0.4, 0.5) is 0 Å². The summed E-state index contributed by atoms with van der Waals surface area (Å²) in [6, 6.07) is 8.15. The topological polar surface area (TPSA) is 62.5 Å². The van der Waals surface area contributed by atoms with Gasteiger partial charge in [0.2, 0.25) is 5.89 Å². The minimum absolute atomic E-state index is 0. The second-order valence-corrected chi connectivity index (χ2v) is 6.40. The van der Waals surface area contributed by atoms with Crippen molar-refractivity contribution < 1.29 is 4.42 Å². The number of aliphatic imine (C=N–C) groups is 1. The van der Waals surface area contributed by atoms with Crippen LogP contribution in [0.1, 0.15) is 37.9 Å². The summed E-state index contributed by atoms with van der Waals surface area (Å²) < 4.78 is 5.57. The Balaban J connectivity index is 0.00000312. The molecule has 0 bridgehead atoms. The van der Waals surface area contributed by atoms with E-state index in [2.05, 4.69) is 53.5 Å². The smallest absolute Gasteiger partial charge is 0.226 e. The molecule has 0 atom stereocenters. The molecule has 0 saturated heterocycles. The number of aryl methyl sites for hydroxylation is 1. The Labute approximate surface area is 167 Å². The summed E-state index contributed by atoms with van der Waals surface area (Å²) in [7, 11) is 1.78. The Morgan fingerprint density at radius 1 is 1.20 bits per heavy atom. The lowest BCUT2D eigenvalue weighted by Gasteiger charge is -2.11. The highest BCUT2D eigenvalue weighted by atomic mass is 127. The molecule has 0 radical (unpaired) electrons. The monoisotopic (exact) mass is 456 g/mol. The fourth-order valence-electron chi connectivity index (χ4n) is 2.33. The molecule has 138 valence electrons. The van der Waals surface area contributed by atoms with Crippen LogP contribution in [0.15, 0.2) is 39.9 Å². The van der Waals surface area contributed by atoms with Crippen molar-refractivity contribution in [2.24, 2.45) is 10.9 Å². The van der Waals surface area contributed by atoms with Crippen molar-refractivity contribution in [3.63, 3.8) is 0 Å². The van der Waals surface area contributed by atoms with Crippen LogP contribution in [0.5, 0.6) is 0 Å². The molecule has 0 saturated carbocycles. The average molecular weight is 456 g/mol. The minimum atomic E-state index is 0. The molecule has 2 rings (SSSR count). The van der Waals surface area contributed by atoms with Crippen LogP contribution >= 0.6 is 24.0 Å². The van der Waals surface area contributed by atoms with Crippen molar-refractivity contribution in [1.82, 2.24) is 15.6 Å². The second kappa shape index (κ2) is 11.1. The van der Waals surface area contributed by atoms with Gasteiger partial charge in [0.05, 0.1) is 12.2 Å². The van der Waals surface area contributed by atoms with Crippen LogP contribution in [0.3, 0.4) is 0 Å². The van der Waals surface area contributed by atoms with E-state index in [1.807, 2.05) is 12.1 Å². The summed E-state index contributed by atoms with van der Waals surface area (Å²) in [5, 5.41) is 6.58. The third-order valence-corrected chi connectivity index (χ3v) is 3.76. The first-order valence-corrected chi connectivity index (χ1v) is 8.54. The molecule has 0 spiro atoms. The number of rotatable bonds is 7. The van der Waals surface area contributed by atoms with Crippen LogP contribution in [0.25, 0.3) is 11.5 Å². The van der Waals surface area contributed by atoms with Crippen LogP contribution in [-0.2, 0) is 6.54 Å². The predicted molar refractivity (Wildman–Crippen MR) is 114 cm³/mol. The second-order valence-electron chi connectivity index (χ2n) is 6.40. The number of hydrogen-bond donors (Lipinski definition) is 2. The van der Waals surface area contributed by atoms with E-state index in [4.69, 9.17) is 4.42 Å². The van der Waals surface area contributed by atoms with Gasteiger partial charge in [-0.2, -0.15) is 0 Å². The van der Waals surface area contributed by atoms with Crippen molar-refractivity contribution in [2.75, 3.05) is 13.6 Å². The standard InChI is InChI=1S/C19H28N4O.HI/c1-14(2)6-5-11-21-19(20-4)22-12-17-13-24-18(23-17)16-9-7-15(3)8-10-16;/h7-10,13-14H,5-6,11-12H2,1-4H3,(H2,20,21,22);1H. The van der Waals surface area contributed by atoms with Crippen molar-refractivity contribution in [1.29, 1.82) is 0 Å². The molecule has 0 amide bonds. The number of guanidine groups is 1. The van der Waals surface area contributed by atoms with Gasteiger partial charge in [-0.25, -0.2) is 4.98 Å².